The van der Waals surface area contributed by atoms with Crippen molar-refractivity contribution in [2.75, 3.05) is 12.9 Å². The Balaban J connectivity index is 2.09. The minimum Gasteiger partial charge on any atom is -0.504 e. The van der Waals surface area contributed by atoms with Gasteiger partial charge in [-0.25, -0.2) is 9.97 Å². The summed E-state index contributed by atoms with van der Waals surface area (Å²) in [6.45, 7) is 2.40. The second-order valence-corrected chi connectivity index (χ2v) is 5.17. The number of fused-ring (bicyclic) bond motifs is 1. The normalized spacial score (nSPS) is 11.0. The Morgan fingerprint density at radius 2 is 2.19 bits per heavy atom. The first-order valence-corrected chi connectivity index (χ1v) is 7.79. The summed E-state index contributed by atoms with van der Waals surface area (Å²) in [5.41, 5.74) is 2.44. The van der Waals surface area contributed by atoms with Gasteiger partial charge < -0.3 is 9.84 Å². The lowest BCUT2D eigenvalue weighted by Crippen LogP contribution is -1.96. The number of nitrogens with zero attached hydrogens (tertiary/aromatic N) is 3. The van der Waals surface area contributed by atoms with Crippen molar-refractivity contribution in [2.24, 2.45) is 0 Å². The maximum atomic E-state index is 10.0. The van der Waals surface area contributed by atoms with E-state index in [-0.39, 0.29) is 5.75 Å². The molecule has 0 saturated carbocycles. The Morgan fingerprint density at radius 1 is 1.33 bits per heavy atom. The molecule has 0 unspecified atom stereocenters. The number of thioether (sulfide) groups is 1. The van der Waals surface area contributed by atoms with Crippen molar-refractivity contribution in [1.29, 1.82) is 0 Å². The van der Waals surface area contributed by atoms with Gasteiger partial charge in [0.05, 0.1) is 12.3 Å². The number of aromatic hydroxyl groups is 1. The largest absolute Gasteiger partial charge is 0.504 e. The highest BCUT2D eigenvalue weighted by molar-refractivity contribution is 7.98. The molecule has 108 valence electrons. The van der Waals surface area contributed by atoms with E-state index >= 15 is 0 Å². The average Bonchev–Trinajstić information content (AvgIpc) is 2.97. The molecule has 2 aromatic heterocycles. The highest BCUT2D eigenvalue weighted by atomic mass is 32.2. The van der Waals surface area contributed by atoms with Gasteiger partial charge in [0.15, 0.2) is 16.7 Å². The third-order valence-corrected chi connectivity index (χ3v) is 3.75. The summed E-state index contributed by atoms with van der Waals surface area (Å²) < 4.78 is 7.27. The SMILES string of the molecule is CCOc1ccc(-c2cc3nccn3c(SC)n2)cc1O. The first kappa shape index (κ1) is 13.8. The average molecular weight is 301 g/mol. The number of rotatable bonds is 4. The maximum absolute atomic E-state index is 10.0. The predicted molar refractivity (Wildman–Crippen MR) is 83.0 cm³/mol. The van der Waals surface area contributed by atoms with Crippen LogP contribution in [0.3, 0.4) is 0 Å². The molecule has 0 amide bonds. The Labute approximate surface area is 126 Å². The number of aromatic nitrogens is 3. The van der Waals surface area contributed by atoms with E-state index in [9.17, 15) is 5.11 Å². The zero-order valence-electron chi connectivity index (χ0n) is 11.8. The summed E-state index contributed by atoms with van der Waals surface area (Å²) in [5, 5.41) is 10.9. The number of imidazole rings is 1. The fraction of sp³-hybridized carbons (Fsp3) is 0.200. The molecule has 1 N–H and O–H groups in total. The van der Waals surface area contributed by atoms with Gasteiger partial charge in [-0.1, -0.05) is 11.8 Å². The number of phenolic OH excluding ortho intramolecular Hbond substituents is 1. The second kappa shape index (κ2) is 5.65. The highest BCUT2D eigenvalue weighted by Crippen LogP contribution is 2.32. The number of ether oxygens (including phenoxy) is 1. The van der Waals surface area contributed by atoms with E-state index < -0.39 is 0 Å². The fourth-order valence-electron chi connectivity index (χ4n) is 2.14. The van der Waals surface area contributed by atoms with Gasteiger partial charge in [0.1, 0.15) is 5.65 Å². The van der Waals surface area contributed by atoms with Crippen LogP contribution >= 0.6 is 11.8 Å². The number of phenols is 1. The van der Waals surface area contributed by atoms with E-state index in [1.807, 2.05) is 35.9 Å². The minimum absolute atomic E-state index is 0.116. The minimum atomic E-state index is 0.116. The van der Waals surface area contributed by atoms with Crippen LogP contribution in [0.15, 0.2) is 41.8 Å². The molecule has 6 heteroatoms. The fourth-order valence-corrected chi connectivity index (χ4v) is 2.68. The van der Waals surface area contributed by atoms with Crippen molar-refractivity contribution >= 4 is 17.4 Å². The third kappa shape index (κ3) is 2.54. The van der Waals surface area contributed by atoms with Crippen molar-refractivity contribution < 1.29 is 9.84 Å². The van der Waals surface area contributed by atoms with Gasteiger partial charge in [0.25, 0.3) is 0 Å². The number of benzene rings is 1. The summed E-state index contributed by atoms with van der Waals surface area (Å²) in [6, 6.07) is 7.20. The van der Waals surface area contributed by atoms with Crippen LogP contribution in [0.5, 0.6) is 11.5 Å². The van der Waals surface area contributed by atoms with Crippen LogP contribution in [-0.2, 0) is 0 Å². The molecule has 0 radical (unpaired) electrons. The number of hydrogen-bond acceptors (Lipinski definition) is 5. The van der Waals surface area contributed by atoms with Gasteiger partial charge in [0, 0.05) is 24.0 Å². The summed E-state index contributed by atoms with van der Waals surface area (Å²) >= 11 is 1.55. The molecule has 3 rings (SSSR count). The van der Waals surface area contributed by atoms with E-state index in [1.165, 1.54) is 0 Å². The van der Waals surface area contributed by atoms with Crippen molar-refractivity contribution in [3.05, 3.63) is 36.7 Å². The lowest BCUT2D eigenvalue weighted by Gasteiger charge is -2.09. The maximum Gasteiger partial charge on any atom is 0.174 e. The topological polar surface area (TPSA) is 59.7 Å². The molecule has 0 aliphatic heterocycles. The number of hydrogen-bond donors (Lipinski definition) is 1. The Bertz CT molecular complexity index is 786. The Morgan fingerprint density at radius 3 is 2.90 bits per heavy atom. The van der Waals surface area contributed by atoms with Gasteiger partial charge in [-0.2, -0.15) is 0 Å². The summed E-state index contributed by atoms with van der Waals surface area (Å²) in [5.74, 6) is 0.596. The van der Waals surface area contributed by atoms with E-state index in [0.29, 0.717) is 12.4 Å². The molecule has 2 heterocycles. The van der Waals surface area contributed by atoms with Crippen LogP contribution in [-0.4, -0.2) is 32.3 Å². The van der Waals surface area contributed by atoms with Crippen molar-refractivity contribution in [1.82, 2.24) is 14.4 Å². The highest BCUT2D eigenvalue weighted by Gasteiger charge is 2.10. The van der Waals surface area contributed by atoms with Crippen LogP contribution in [0, 0.1) is 0 Å². The summed E-state index contributed by atoms with van der Waals surface area (Å²) in [4.78, 5) is 8.92. The molecule has 0 saturated heterocycles. The van der Waals surface area contributed by atoms with Gasteiger partial charge >= 0.3 is 0 Å². The quantitative estimate of drug-likeness (QED) is 0.592. The molecular weight excluding hydrogens is 286 g/mol. The van der Waals surface area contributed by atoms with Gasteiger partial charge in [-0.3, -0.25) is 4.40 Å². The predicted octanol–water partition coefficient (Wildman–Crippen LogP) is 3.22. The summed E-state index contributed by atoms with van der Waals surface area (Å²) in [7, 11) is 0. The molecule has 0 fully saturated rings. The summed E-state index contributed by atoms with van der Waals surface area (Å²) in [6.07, 6.45) is 5.60. The molecule has 0 spiro atoms. The molecule has 1 aromatic carbocycles. The third-order valence-electron chi connectivity index (χ3n) is 3.09. The lowest BCUT2D eigenvalue weighted by molar-refractivity contribution is 0.318. The molecular formula is C15H15N3O2S. The zero-order valence-corrected chi connectivity index (χ0v) is 12.6. The van der Waals surface area contributed by atoms with Crippen LogP contribution in [0.1, 0.15) is 6.92 Å². The van der Waals surface area contributed by atoms with E-state index in [0.717, 1.165) is 22.1 Å². The first-order valence-electron chi connectivity index (χ1n) is 6.57. The Hall–Kier alpha value is -2.21. The smallest absolute Gasteiger partial charge is 0.174 e. The van der Waals surface area contributed by atoms with E-state index in [2.05, 4.69) is 9.97 Å². The first-order chi connectivity index (χ1) is 10.2. The van der Waals surface area contributed by atoms with Crippen LogP contribution in [0.4, 0.5) is 0 Å². The molecule has 0 aliphatic rings. The van der Waals surface area contributed by atoms with Gasteiger partial charge in [0.2, 0.25) is 0 Å². The van der Waals surface area contributed by atoms with Crippen molar-refractivity contribution in [2.45, 2.75) is 12.1 Å². The monoisotopic (exact) mass is 301 g/mol. The second-order valence-electron chi connectivity index (χ2n) is 4.40. The molecule has 21 heavy (non-hydrogen) atoms. The van der Waals surface area contributed by atoms with Crippen LogP contribution < -0.4 is 4.74 Å². The molecule has 0 atom stereocenters. The molecule has 5 nitrogen and oxygen atoms in total. The van der Waals surface area contributed by atoms with Gasteiger partial charge in [-0.05, 0) is 31.4 Å². The molecule has 3 aromatic rings. The van der Waals surface area contributed by atoms with Crippen molar-refractivity contribution in [3.8, 4) is 22.8 Å². The van der Waals surface area contributed by atoms with Crippen LogP contribution in [0.2, 0.25) is 0 Å². The van der Waals surface area contributed by atoms with E-state index in [1.54, 1.807) is 30.1 Å². The lowest BCUT2D eigenvalue weighted by atomic mass is 10.1. The van der Waals surface area contributed by atoms with E-state index in [4.69, 9.17) is 4.74 Å². The van der Waals surface area contributed by atoms with Crippen molar-refractivity contribution in [3.63, 3.8) is 0 Å². The standard InChI is InChI=1S/C15H15N3O2S/c1-3-20-13-5-4-10(8-12(13)19)11-9-14-16-6-7-18(14)15(17-11)21-2/h4-9,19H,3H2,1-2H3. The van der Waals surface area contributed by atoms with Gasteiger partial charge in [-0.15, -0.1) is 0 Å². The zero-order chi connectivity index (χ0) is 14.8. The Kier molecular flexibility index (Phi) is 3.70. The molecule has 0 bridgehead atoms. The molecule has 0 aliphatic carbocycles. The van der Waals surface area contributed by atoms with Crippen LogP contribution in [0.25, 0.3) is 16.9 Å².